The highest BCUT2D eigenvalue weighted by Crippen LogP contribution is 2.32. The average Bonchev–Trinajstić information content (AvgIpc) is 3.36. The maximum absolute atomic E-state index is 12.2. The number of imidazole rings is 1. The maximum Gasteiger partial charge on any atom is 0.248 e. The summed E-state index contributed by atoms with van der Waals surface area (Å²) in [6.07, 6.45) is 4.87. The Hall–Kier alpha value is -3.13. The Morgan fingerprint density at radius 3 is 3.08 bits per heavy atom. The van der Waals surface area contributed by atoms with Crippen LogP contribution in [0.4, 0.5) is 5.69 Å². The van der Waals surface area contributed by atoms with Crippen molar-refractivity contribution in [1.82, 2.24) is 15.3 Å². The van der Waals surface area contributed by atoms with E-state index in [0.29, 0.717) is 29.1 Å². The number of carbonyl (C=O) groups excluding carboxylic acids is 1. The predicted molar refractivity (Wildman–Crippen MR) is 99.1 cm³/mol. The minimum absolute atomic E-state index is 0.0430. The number of aromatic nitrogens is 2. The van der Waals surface area contributed by atoms with Crippen LogP contribution < -0.4 is 10.6 Å². The number of nitrogens with zero attached hydrogens (tertiary/aromatic N) is 2. The fourth-order valence-electron chi connectivity index (χ4n) is 2.57. The summed E-state index contributed by atoms with van der Waals surface area (Å²) in [6.45, 7) is 0.622. The van der Waals surface area contributed by atoms with Crippen molar-refractivity contribution in [3.05, 3.63) is 41.8 Å². The Bertz CT molecular complexity index is 967. The van der Waals surface area contributed by atoms with Gasteiger partial charge in [0.2, 0.25) is 5.91 Å². The first-order valence-corrected chi connectivity index (χ1v) is 8.58. The summed E-state index contributed by atoms with van der Waals surface area (Å²) in [5.74, 6) is 0.484. The third kappa shape index (κ3) is 3.11. The smallest absolute Gasteiger partial charge is 0.248 e. The molecule has 0 aliphatic carbocycles. The number of thiophene rings is 1. The molecule has 0 spiro atoms. The van der Waals surface area contributed by atoms with Gasteiger partial charge in [0.15, 0.2) is 0 Å². The van der Waals surface area contributed by atoms with E-state index in [-0.39, 0.29) is 17.7 Å². The third-order valence-electron chi connectivity index (χ3n) is 3.80. The van der Waals surface area contributed by atoms with E-state index in [1.807, 2.05) is 17.5 Å². The van der Waals surface area contributed by atoms with Crippen LogP contribution in [0.2, 0.25) is 0 Å². The second-order valence-corrected chi connectivity index (χ2v) is 6.48. The lowest BCUT2D eigenvalue weighted by atomic mass is 10.2. The van der Waals surface area contributed by atoms with Gasteiger partial charge in [-0.1, -0.05) is 12.1 Å². The Balaban J connectivity index is 1.61. The van der Waals surface area contributed by atoms with Crippen LogP contribution in [0.5, 0.6) is 5.75 Å². The van der Waals surface area contributed by atoms with Crippen LogP contribution in [0.1, 0.15) is 0 Å². The van der Waals surface area contributed by atoms with Crippen molar-refractivity contribution in [1.29, 1.82) is 0 Å². The molecule has 1 unspecified atom stereocenters. The molecule has 1 amide bonds. The van der Waals surface area contributed by atoms with E-state index in [4.69, 9.17) is 0 Å². The number of aliphatic imine (C=N–C) groups is 1. The van der Waals surface area contributed by atoms with Crippen LogP contribution in [-0.2, 0) is 4.79 Å². The zero-order valence-corrected chi connectivity index (χ0v) is 13.9. The van der Waals surface area contributed by atoms with Gasteiger partial charge in [-0.2, -0.15) is 0 Å². The standard InChI is InChI=1S/C17H15N5O2S/c23-12-5-4-11(20-14(24)6-3-10-8-18-9-19-10)15-16(12)22-17(21-15)13-2-1-7-25-13/h1-7,9-10,23H,8H2,(H,18,19)(H,20,24)(H,21,22)/b6-3+. The molecule has 8 heteroatoms. The van der Waals surface area contributed by atoms with Crippen molar-refractivity contribution in [3.63, 3.8) is 0 Å². The van der Waals surface area contributed by atoms with Crippen molar-refractivity contribution in [2.75, 3.05) is 11.9 Å². The largest absolute Gasteiger partial charge is 0.506 e. The molecule has 0 radical (unpaired) electrons. The van der Waals surface area contributed by atoms with Gasteiger partial charge in [0, 0.05) is 6.08 Å². The third-order valence-corrected chi connectivity index (χ3v) is 4.67. The first-order chi connectivity index (χ1) is 12.2. The van der Waals surface area contributed by atoms with Gasteiger partial charge in [-0.15, -0.1) is 11.3 Å². The van der Waals surface area contributed by atoms with Crippen LogP contribution in [-0.4, -0.2) is 39.9 Å². The fourth-order valence-corrected chi connectivity index (χ4v) is 3.24. The Morgan fingerprint density at radius 1 is 1.40 bits per heavy atom. The lowest BCUT2D eigenvalue weighted by Crippen LogP contribution is -2.22. The Kier molecular flexibility index (Phi) is 3.95. The van der Waals surface area contributed by atoms with Crippen molar-refractivity contribution in [3.8, 4) is 16.5 Å². The van der Waals surface area contributed by atoms with E-state index in [1.165, 1.54) is 12.1 Å². The highest BCUT2D eigenvalue weighted by molar-refractivity contribution is 7.13. The number of phenols is 1. The summed E-state index contributed by atoms with van der Waals surface area (Å²) in [7, 11) is 0. The summed E-state index contributed by atoms with van der Waals surface area (Å²) < 4.78 is 0. The molecule has 25 heavy (non-hydrogen) atoms. The van der Waals surface area contributed by atoms with Gasteiger partial charge in [0.05, 0.1) is 29.5 Å². The Morgan fingerprint density at radius 2 is 2.32 bits per heavy atom. The molecule has 2 aromatic heterocycles. The van der Waals surface area contributed by atoms with E-state index >= 15 is 0 Å². The number of benzene rings is 1. The van der Waals surface area contributed by atoms with Crippen LogP contribution >= 0.6 is 11.3 Å². The number of aromatic amines is 1. The number of carbonyl (C=O) groups is 1. The molecule has 0 fully saturated rings. The molecular weight excluding hydrogens is 338 g/mol. The number of amides is 1. The number of hydrogen-bond acceptors (Lipinski definition) is 6. The zero-order valence-electron chi connectivity index (χ0n) is 13.1. The summed E-state index contributed by atoms with van der Waals surface area (Å²) in [5.41, 5.74) is 1.56. The minimum atomic E-state index is -0.263. The van der Waals surface area contributed by atoms with E-state index in [9.17, 15) is 9.90 Å². The number of aromatic hydroxyl groups is 1. The monoisotopic (exact) mass is 353 g/mol. The van der Waals surface area contributed by atoms with Crippen molar-refractivity contribution in [2.24, 2.45) is 4.99 Å². The molecule has 0 bridgehead atoms. The number of anilines is 1. The maximum atomic E-state index is 12.2. The highest BCUT2D eigenvalue weighted by Gasteiger charge is 2.14. The molecule has 7 nitrogen and oxygen atoms in total. The highest BCUT2D eigenvalue weighted by atomic mass is 32.1. The van der Waals surface area contributed by atoms with Gasteiger partial charge in [-0.05, 0) is 23.6 Å². The van der Waals surface area contributed by atoms with Gasteiger partial charge in [0.1, 0.15) is 22.6 Å². The topological polar surface area (TPSA) is 102 Å². The summed E-state index contributed by atoms with van der Waals surface area (Å²) >= 11 is 1.55. The van der Waals surface area contributed by atoms with Crippen molar-refractivity contribution in [2.45, 2.75) is 6.04 Å². The molecule has 126 valence electrons. The first-order valence-electron chi connectivity index (χ1n) is 7.70. The van der Waals surface area contributed by atoms with Gasteiger partial charge < -0.3 is 20.7 Å². The number of fused-ring (bicyclic) bond motifs is 1. The summed E-state index contributed by atoms with van der Waals surface area (Å²) in [6, 6.07) is 7.09. The van der Waals surface area contributed by atoms with E-state index in [2.05, 4.69) is 25.6 Å². The number of hydrogen-bond donors (Lipinski definition) is 4. The minimum Gasteiger partial charge on any atom is -0.506 e. The number of phenolic OH excluding ortho intramolecular Hbond substituents is 1. The molecule has 0 saturated carbocycles. The lowest BCUT2D eigenvalue weighted by Gasteiger charge is -2.05. The van der Waals surface area contributed by atoms with Gasteiger partial charge >= 0.3 is 0 Å². The lowest BCUT2D eigenvalue weighted by molar-refractivity contribution is -0.111. The van der Waals surface area contributed by atoms with Gasteiger partial charge in [0.25, 0.3) is 0 Å². The summed E-state index contributed by atoms with van der Waals surface area (Å²) in [4.78, 5) is 24.8. The van der Waals surface area contributed by atoms with Crippen LogP contribution in [0.25, 0.3) is 21.7 Å². The normalized spacial score (nSPS) is 16.6. The predicted octanol–water partition coefficient (Wildman–Crippen LogP) is 2.49. The fraction of sp³-hybridized carbons (Fsp3) is 0.118. The average molecular weight is 353 g/mol. The molecule has 3 heterocycles. The Labute approximate surface area is 147 Å². The molecule has 1 aromatic carbocycles. The summed E-state index contributed by atoms with van der Waals surface area (Å²) in [5, 5.41) is 17.9. The van der Waals surface area contributed by atoms with E-state index < -0.39 is 0 Å². The second-order valence-electron chi connectivity index (χ2n) is 5.53. The SMILES string of the molecule is O=C(/C=C/C1CN=CN1)Nc1ccc(O)c2[nH]c(-c3cccs3)nc12. The van der Waals surface area contributed by atoms with E-state index in [1.54, 1.807) is 29.8 Å². The number of rotatable bonds is 4. The molecule has 3 aromatic rings. The van der Waals surface area contributed by atoms with Crippen molar-refractivity contribution >= 4 is 40.3 Å². The van der Waals surface area contributed by atoms with Crippen LogP contribution in [0.15, 0.2) is 46.8 Å². The first kappa shape index (κ1) is 15.4. The molecule has 4 rings (SSSR count). The van der Waals surface area contributed by atoms with E-state index in [0.717, 1.165) is 4.88 Å². The molecule has 1 atom stereocenters. The van der Waals surface area contributed by atoms with Crippen LogP contribution in [0.3, 0.4) is 0 Å². The molecular formula is C17H15N5O2S. The quantitative estimate of drug-likeness (QED) is 0.427. The van der Waals surface area contributed by atoms with Crippen molar-refractivity contribution < 1.29 is 9.90 Å². The number of nitrogens with one attached hydrogen (secondary N) is 3. The molecule has 0 saturated heterocycles. The molecule has 4 N–H and O–H groups in total. The van der Waals surface area contributed by atoms with Gasteiger partial charge in [-0.25, -0.2) is 4.98 Å². The van der Waals surface area contributed by atoms with Crippen LogP contribution in [0, 0.1) is 0 Å². The molecule has 1 aliphatic rings. The second kappa shape index (κ2) is 6.40. The molecule has 1 aliphatic heterocycles. The van der Waals surface area contributed by atoms with Gasteiger partial charge in [-0.3, -0.25) is 9.79 Å². The number of H-pyrrole nitrogens is 1. The zero-order chi connectivity index (χ0) is 17.2.